The quantitative estimate of drug-likeness (QED) is 0.801. The van der Waals surface area contributed by atoms with Gasteiger partial charge in [-0.25, -0.2) is 4.79 Å². The van der Waals surface area contributed by atoms with E-state index in [2.05, 4.69) is 15.6 Å². The number of amides is 2. The Kier molecular flexibility index (Phi) is 5.28. The zero-order valence-electron chi connectivity index (χ0n) is 12.8. The molecule has 1 aromatic carbocycles. The lowest BCUT2D eigenvalue weighted by Crippen LogP contribution is -2.35. The van der Waals surface area contributed by atoms with E-state index in [4.69, 9.17) is 0 Å². The zero-order chi connectivity index (χ0) is 17.7. The van der Waals surface area contributed by atoms with Gasteiger partial charge in [0.1, 0.15) is 0 Å². The van der Waals surface area contributed by atoms with Crippen molar-refractivity contribution < 1.29 is 18.0 Å². The molecule has 0 atom stereocenters. The monoisotopic (exact) mass is 339 g/mol. The van der Waals surface area contributed by atoms with Crippen LogP contribution in [0.4, 0.5) is 18.0 Å². The molecule has 1 heterocycles. The minimum Gasteiger partial charge on any atom is -0.334 e. The number of H-pyrrole nitrogens is 1. The number of carbonyl (C=O) groups is 1. The molecule has 0 radical (unpaired) electrons. The van der Waals surface area contributed by atoms with Crippen LogP contribution in [0.5, 0.6) is 0 Å². The molecular formula is C16H16F3N3O2. The van der Waals surface area contributed by atoms with E-state index < -0.39 is 17.8 Å². The van der Waals surface area contributed by atoms with E-state index in [1.807, 2.05) is 6.92 Å². The van der Waals surface area contributed by atoms with Crippen LogP contribution in [0.2, 0.25) is 0 Å². The molecule has 1 aromatic heterocycles. The van der Waals surface area contributed by atoms with Crippen LogP contribution in [0, 0.1) is 6.92 Å². The van der Waals surface area contributed by atoms with E-state index in [1.54, 1.807) is 12.3 Å². The molecule has 0 bridgehead atoms. The summed E-state index contributed by atoms with van der Waals surface area (Å²) < 4.78 is 37.3. The highest BCUT2D eigenvalue weighted by atomic mass is 19.4. The number of pyridine rings is 1. The molecule has 0 aliphatic carbocycles. The molecule has 0 aliphatic heterocycles. The van der Waals surface area contributed by atoms with Crippen LogP contribution in [0.3, 0.4) is 0 Å². The number of carbonyl (C=O) groups excluding carboxylic acids is 1. The first-order valence-corrected chi connectivity index (χ1v) is 7.12. The van der Waals surface area contributed by atoms with Crippen molar-refractivity contribution >= 4 is 6.03 Å². The maximum atomic E-state index is 12.4. The Morgan fingerprint density at radius 1 is 1.12 bits per heavy atom. The van der Waals surface area contributed by atoms with Crippen molar-refractivity contribution in [2.75, 3.05) is 0 Å². The van der Waals surface area contributed by atoms with E-state index in [0.717, 1.165) is 17.7 Å². The van der Waals surface area contributed by atoms with Crippen LogP contribution in [-0.4, -0.2) is 11.0 Å². The van der Waals surface area contributed by atoms with Crippen molar-refractivity contribution in [1.29, 1.82) is 0 Å². The van der Waals surface area contributed by atoms with Gasteiger partial charge in [-0.3, -0.25) is 4.79 Å². The number of hydrogen-bond acceptors (Lipinski definition) is 2. The summed E-state index contributed by atoms with van der Waals surface area (Å²) in [6, 6.07) is 5.66. The van der Waals surface area contributed by atoms with Crippen LogP contribution in [-0.2, 0) is 19.3 Å². The molecule has 0 saturated carbocycles. The van der Waals surface area contributed by atoms with Gasteiger partial charge in [-0.2, -0.15) is 13.2 Å². The number of nitrogens with one attached hydrogen (secondary N) is 3. The van der Waals surface area contributed by atoms with Gasteiger partial charge >= 0.3 is 12.2 Å². The third-order valence-corrected chi connectivity index (χ3v) is 3.30. The molecule has 0 saturated heterocycles. The Morgan fingerprint density at radius 2 is 1.75 bits per heavy atom. The molecule has 2 amide bonds. The molecule has 24 heavy (non-hydrogen) atoms. The number of aromatic nitrogens is 1. The summed E-state index contributed by atoms with van der Waals surface area (Å²) in [6.07, 6.45) is -2.82. The van der Waals surface area contributed by atoms with E-state index in [-0.39, 0.29) is 18.6 Å². The Balaban J connectivity index is 1.85. The van der Waals surface area contributed by atoms with E-state index >= 15 is 0 Å². The second kappa shape index (κ2) is 7.20. The summed E-state index contributed by atoms with van der Waals surface area (Å²) in [6.45, 7) is 1.94. The second-order valence-electron chi connectivity index (χ2n) is 5.26. The topological polar surface area (TPSA) is 74.0 Å². The third kappa shape index (κ3) is 4.87. The average Bonchev–Trinajstić information content (AvgIpc) is 2.53. The van der Waals surface area contributed by atoms with Gasteiger partial charge in [0, 0.05) is 24.8 Å². The fourth-order valence-corrected chi connectivity index (χ4v) is 2.02. The van der Waals surface area contributed by atoms with Gasteiger partial charge < -0.3 is 15.6 Å². The van der Waals surface area contributed by atoms with Gasteiger partial charge in [-0.1, -0.05) is 12.1 Å². The fraction of sp³-hybridized carbons (Fsp3) is 0.250. The number of aryl methyl sites for hydroxylation is 1. The molecular weight excluding hydrogens is 323 g/mol. The first-order chi connectivity index (χ1) is 11.3. The Morgan fingerprint density at radius 3 is 2.38 bits per heavy atom. The van der Waals surface area contributed by atoms with Crippen LogP contribution in [0.25, 0.3) is 0 Å². The van der Waals surface area contributed by atoms with Crippen molar-refractivity contribution in [2.45, 2.75) is 26.2 Å². The molecule has 0 unspecified atom stereocenters. The minimum absolute atomic E-state index is 0.0514. The summed E-state index contributed by atoms with van der Waals surface area (Å²) in [5, 5.41) is 5.04. The highest BCUT2D eigenvalue weighted by Crippen LogP contribution is 2.28. The van der Waals surface area contributed by atoms with Crippen molar-refractivity contribution in [3.05, 3.63) is 69.1 Å². The van der Waals surface area contributed by atoms with Crippen molar-refractivity contribution in [3.8, 4) is 0 Å². The average molecular weight is 339 g/mol. The maximum Gasteiger partial charge on any atom is 0.416 e. The lowest BCUT2D eigenvalue weighted by Gasteiger charge is -2.09. The van der Waals surface area contributed by atoms with Crippen molar-refractivity contribution in [3.63, 3.8) is 0 Å². The number of aromatic amines is 1. The molecule has 5 nitrogen and oxygen atoms in total. The van der Waals surface area contributed by atoms with Crippen LogP contribution in [0.1, 0.15) is 22.3 Å². The van der Waals surface area contributed by atoms with Gasteiger partial charge in [0.25, 0.3) is 5.56 Å². The fourth-order valence-electron chi connectivity index (χ4n) is 2.02. The minimum atomic E-state index is -4.38. The smallest absolute Gasteiger partial charge is 0.334 e. The summed E-state index contributed by atoms with van der Waals surface area (Å²) >= 11 is 0. The predicted octanol–water partition coefficient (Wildman–Crippen LogP) is 2.70. The number of urea groups is 1. The van der Waals surface area contributed by atoms with Gasteiger partial charge in [-0.05, 0) is 36.2 Å². The molecule has 0 spiro atoms. The molecule has 0 fully saturated rings. The van der Waals surface area contributed by atoms with Crippen molar-refractivity contribution in [1.82, 2.24) is 15.6 Å². The van der Waals surface area contributed by atoms with E-state index in [0.29, 0.717) is 11.1 Å². The summed E-state index contributed by atoms with van der Waals surface area (Å²) in [4.78, 5) is 25.8. The standard InChI is InChI=1S/C16H16F3N3O2/c1-10-6-12(14(23)20-7-10)9-22-15(24)21-8-11-2-4-13(5-3-11)16(17,18)19/h2-7H,8-9H2,1H3,(H,20,23)(H2,21,22,24). The number of rotatable bonds is 4. The number of benzene rings is 1. The van der Waals surface area contributed by atoms with Crippen LogP contribution >= 0.6 is 0 Å². The Hall–Kier alpha value is -2.77. The van der Waals surface area contributed by atoms with Gasteiger partial charge in [0.2, 0.25) is 0 Å². The van der Waals surface area contributed by atoms with Gasteiger partial charge in [0.15, 0.2) is 0 Å². The predicted molar refractivity (Wildman–Crippen MR) is 82.3 cm³/mol. The molecule has 0 aliphatic rings. The first kappa shape index (κ1) is 17.6. The SMILES string of the molecule is Cc1c[nH]c(=O)c(CNC(=O)NCc2ccc(C(F)(F)F)cc2)c1. The van der Waals surface area contributed by atoms with Gasteiger partial charge in [-0.15, -0.1) is 0 Å². The Labute approximate surface area is 135 Å². The number of alkyl halides is 3. The summed E-state index contributed by atoms with van der Waals surface area (Å²) in [5.74, 6) is 0. The number of halogens is 3. The third-order valence-electron chi connectivity index (χ3n) is 3.30. The van der Waals surface area contributed by atoms with E-state index in [9.17, 15) is 22.8 Å². The molecule has 3 N–H and O–H groups in total. The summed E-state index contributed by atoms with van der Waals surface area (Å²) in [7, 11) is 0. The highest BCUT2D eigenvalue weighted by molar-refractivity contribution is 5.73. The van der Waals surface area contributed by atoms with Gasteiger partial charge in [0.05, 0.1) is 5.56 Å². The van der Waals surface area contributed by atoms with E-state index in [1.165, 1.54) is 12.1 Å². The normalized spacial score (nSPS) is 11.2. The van der Waals surface area contributed by atoms with Crippen LogP contribution in [0.15, 0.2) is 41.3 Å². The zero-order valence-corrected chi connectivity index (χ0v) is 12.8. The second-order valence-corrected chi connectivity index (χ2v) is 5.26. The largest absolute Gasteiger partial charge is 0.416 e. The summed E-state index contributed by atoms with van der Waals surface area (Å²) in [5.41, 5.74) is 0.779. The Bertz CT molecular complexity index is 767. The molecule has 128 valence electrons. The molecule has 2 rings (SSSR count). The van der Waals surface area contributed by atoms with Crippen LogP contribution < -0.4 is 16.2 Å². The lowest BCUT2D eigenvalue weighted by atomic mass is 10.1. The molecule has 2 aromatic rings. The van der Waals surface area contributed by atoms with Crippen molar-refractivity contribution in [2.24, 2.45) is 0 Å². The first-order valence-electron chi connectivity index (χ1n) is 7.12. The highest BCUT2D eigenvalue weighted by Gasteiger charge is 2.29. The molecule has 8 heteroatoms. The maximum absolute atomic E-state index is 12.4. The number of hydrogen-bond donors (Lipinski definition) is 3. The lowest BCUT2D eigenvalue weighted by molar-refractivity contribution is -0.137.